The molecule has 0 fully saturated rings. The Kier molecular flexibility index (Phi) is 6.28. The van der Waals surface area contributed by atoms with Crippen molar-refractivity contribution >= 4 is 27.9 Å². The van der Waals surface area contributed by atoms with E-state index in [1.807, 2.05) is 0 Å². The smallest absolute Gasteiger partial charge is 0.407 e. The fourth-order valence-electron chi connectivity index (χ4n) is 1.48. The molecule has 122 valence electrons. The van der Waals surface area contributed by atoms with E-state index >= 15 is 0 Å². The van der Waals surface area contributed by atoms with E-state index in [-0.39, 0.29) is 17.6 Å². The summed E-state index contributed by atoms with van der Waals surface area (Å²) in [6.07, 6.45) is -0.637. The topological polar surface area (TPSA) is 67.4 Å². The maximum absolute atomic E-state index is 13.7. The Labute approximate surface area is 135 Å². The molecule has 0 atom stereocenters. The van der Waals surface area contributed by atoms with Gasteiger partial charge in [0.2, 0.25) is 0 Å². The standard InChI is InChI=1S/C14H17BrF2N2O3/c1-14(2,3)22-13(21)19-7-6-18-12(20)10-9(16)5-4-8(15)11(10)17/h4-5H,6-7H2,1-3H3,(H,18,20)(H,19,21). The fraction of sp³-hybridized carbons (Fsp3) is 0.429. The maximum atomic E-state index is 13.7. The normalized spacial score (nSPS) is 11.0. The predicted octanol–water partition coefficient (Wildman–Crippen LogP) is 2.98. The van der Waals surface area contributed by atoms with Crippen LogP contribution in [-0.4, -0.2) is 30.7 Å². The Balaban J connectivity index is 2.48. The second-order valence-corrected chi connectivity index (χ2v) is 6.26. The van der Waals surface area contributed by atoms with Gasteiger partial charge in [0.1, 0.15) is 17.0 Å². The molecule has 8 heteroatoms. The maximum Gasteiger partial charge on any atom is 0.407 e. The summed E-state index contributed by atoms with van der Waals surface area (Å²) in [6.45, 7) is 5.22. The lowest BCUT2D eigenvalue weighted by Crippen LogP contribution is -2.38. The van der Waals surface area contributed by atoms with Crippen LogP contribution in [0.1, 0.15) is 31.1 Å². The molecule has 0 saturated heterocycles. The van der Waals surface area contributed by atoms with Crippen LogP contribution in [0.25, 0.3) is 0 Å². The van der Waals surface area contributed by atoms with Gasteiger partial charge in [0, 0.05) is 13.1 Å². The lowest BCUT2D eigenvalue weighted by molar-refractivity contribution is 0.0526. The van der Waals surface area contributed by atoms with Gasteiger partial charge >= 0.3 is 6.09 Å². The summed E-state index contributed by atoms with van der Waals surface area (Å²) >= 11 is 2.88. The molecule has 1 aromatic carbocycles. The second-order valence-electron chi connectivity index (χ2n) is 5.40. The average molecular weight is 379 g/mol. The highest BCUT2D eigenvalue weighted by Crippen LogP contribution is 2.21. The first-order valence-corrected chi connectivity index (χ1v) is 7.29. The van der Waals surface area contributed by atoms with Crippen LogP contribution >= 0.6 is 15.9 Å². The zero-order valence-corrected chi connectivity index (χ0v) is 14.0. The zero-order valence-electron chi connectivity index (χ0n) is 12.4. The fourth-order valence-corrected chi connectivity index (χ4v) is 1.81. The number of carbonyl (C=O) groups excluding carboxylic acids is 2. The number of halogens is 3. The van der Waals surface area contributed by atoms with Gasteiger partial charge < -0.3 is 15.4 Å². The Bertz CT molecular complexity index is 574. The Morgan fingerprint density at radius 3 is 2.36 bits per heavy atom. The van der Waals surface area contributed by atoms with Crippen molar-refractivity contribution < 1.29 is 23.1 Å². The largest absolute Gasteiger partial charge is 0.444 e. The van der Waals surface area contributed by atoms with Crippen molar-refractivity contribution in [2.75, 3.05) is 13.1 Å². The van der Waals surface area contributed by atoms with E-state index in [9.17, 15) is 18.4 Å². The molecule has 0 heterocycles. The molecular weight excluding hydrogens is 362 g/mol. The van der Waals surface area contributed by atoms with Crippen molar-refractivity contribution in [2.24, 2.45) is 0 Å². The highest BCUT2D eigenvalue weighted by Gasteiger charge is 2.19. The van der Waals surface area contributed by atoms with E-state index in [0.29, 0.717) is 0 Å². The highest BCUT2D eigenvalue weighted by molar-refractivity contribution is 9.10. The molecule has 0 saturated carbocycles. The Morgan fingerprint density at radius 2 is 1.77 bits per heavy atom. The number of amides is 2. The summed E-state index contributed by atoms with van der Waals surface area (Å²) in [5.41, 5.74) is -1.30. The minimum absolute atomic E-state index is 0.00344. The van der Waals surface area contributed by atoms with Crippen molar-refractivity contribution in [1.29, 1.82) is 0 Å². The summed E-state index contributed by atoms with van der Waals surface area (Å²) < 4.78 is 32.2. The third kappa shape index (κ3) is 5.59. The van der Waals surface area contributed by atoms with Gasteiger partial charge in [0.15, 0.2) is 5.82 Å². The number of rotatable bonds is 4. The molecular formula is C14H17BrF2N2O3. The summed E-state index contributed by atoms with van der Waals surface area (Å²) in [4.78, 5) is 23.1. The van der Waals surface area contributed by atoms with Crippen molar-refractivity contribution in [3.63, 3.8) is 0 Å². The summed E-state index contributed by atoms with van der Waals surface area (Å²) in [5, 5.41) is 4.73. The van der Waals surface area contributed by atoms with Crippen molar-refractivity contribution in [3.8, 4) is 0 Å². The number of nitrogens with one attached hydrogen (secondary N) is 2. The van der Waals surface area contributed by atoms with Crippen LogP contribution < -0.4 is 10.6 Å². The van der Waals surface area contributed by atoms with Gasteiger partial charge in [-0.25, -0.2) is 13.6 Å². The van der Waals surface area contributed by atoms with Crippen LogP contribution in [0.2, 0.25) is 0 Å². The van der Waals surface area contributed by atoms with Crippen LogP contribution in [0.5, 0.6) is 0 Å². The molecule has 0 aromatic heterocycles. The van der Waals surface area contributed by atoms with E-state index in [4.69, 9.17) is 4.74 Å². The molecule has 1 aromatic rings. The zero-order chi connectivity index (χ0) is 16.9. The van der Waals surface area contributed by atoms with E-state index in [0.717, 1.165) is 6.07 Å². The monoisotopic (exact) mass is 378 g/mol. The third-order valence-electron chi connectivity index (χ3n) is 2.35. The van der Waals surface area contributed by atoms with Crippen molar-refractivity contribution in [2.45, 2.75) is 26.4 Å². The molecule has 0 bridgehead atoms. The number of hydrogen-bond acceptors (Lipinski definition) is 3. The first kappa shape index (κ1) is 18.3. The molecule has 22 heavy (non-hydrogen) atoms. The number of benzene rings is 1. The summed E-state index contributed by atoms with van der Waals surface area (Å²) in [7, 11) is 0. The highest BCUT2D eigenvalue weighted by atomic mass is 79.9. The SMILES string of the molecule is CC(C)(C)OC(=O)NCCNC(=O)c1c(F)ccc(Br)c1F. The third-order valence-corrected chi connectivity index (χ3v) is 2.96. The van der Waals surface area contributed by atoms with Crippen LogP contribution in [0.3, 0.4) is 0 Å². The number of carbonyl (C=O) groups is 2. The number of hydrogen-bond donors (Lipinski definition) is 2. The first-order valence-electron chi connectivity index (χ1n) is 6.50. The molecule has 1 rings (SSSR count). The molecule has 0 aliphatic rings. The number of alkyl carbamates (subject to hydrolysis) is 1. The lowest BCUT2D eigenvalue weighted by atomic mass is 10.2. The predicted molar refractivity (Wildman–Crippen MR) is 80.6 cm³/mol. The van der Waals surface area contributed by atoms with E-state index in [1.54, 1.807) is 20.8 Å². The van der Waals surface area contributed by atoms with Gasteiger partial charge in [-0.05, 0) is 48.8 Å². The minimum Gasteiger partial charge on any atom is -0.444 e. The average Bonchev–Trinajstić information content (AvgIpc) is 2.37. The minimum atomic E-state index is -0.974. The Hall–Kier alpha value is -1.70. The van der Waals surface area contributed by atoms with Gasteiger partial charge in [-0.1, -0.05) is 0 Å². The molecule has 0 aliphatic carbocycles. The number of ether oxygens (including phenoxy) is 1. The molecule has 0 radical (unpaired) electrons. The van der Waals surface area contributed by atoms with E-state index < -0.39 is 34.8 Å². The van der Waals surface area contributed by atoms with Crippen molar-refractivity contribution in [3.05, 3.63) is 33.8 Å². The van der Waals surface area contributed by atoms with Gasteiger partial charge in [-0.15, -0.1) is 0 Å². The second kappa shape index (κ2) is 7.53. The van der Waals surface area contributed by atoms with E-state index in [2.05, 4.69) is 26.6 Å². The van der Waals surface area contributed by atoms with Crippen molar-refractivity contribution in [1.82, 2.24) is 10.6 Å². The van der Waals surface area contributed by atoms with Gasteiger partial charge in [-0.3, -0.25) is 4.79 Å². The first-order chi connectivity index (χ1) is 10.1. The van der Waals surface area contributed by atoms with Crippen LogP contribution in [-0.2, 0) is 4.74 Å². The quantitative estimate of drug-likeness (QED) is 0.625. The Morgan fingerprint density at radius 1 is 1.18 bits per heavy atom. The molecule has 2 N–H and O–H groups in total. The molecule has 0 unspecified atom stereocenters. The van der Waals surface area contributed by atoms with E-state index in [1.165, 1.54) is 6.07 Å². The molecule has 2 amide bonds. The summed E-state index contributed by atoms with van der Waals surface area (Å²) in [5.74, 6) is -2.84. The lowest BCUT2D eigenvalue weighted by Gasteiger charge is -2.19. The van der Waals surface area contributed by atoms with Crippen LogP contribution in [0.15, 0.2) is 16.6 Å². The molecule has 0 aliphatic heterocycles. The molecule has 5 nitrogen and oxygen atoms in total. The molecule has 0 spiro atoms. The summed E-state index contributed by atoms with van der Waals surface area (Å²) in [6, 6.07) is 2.16. The van der Waals surface area contributed by atoms with Crippen LogP contribution in [0, 0.1) is 11.6 Å². The van der Waals surface area contributed by atoms with Gasteiger partial charge in [0.05, 0.1) is 4.47 Å². The van der Waals surface area contributed by atoms with Crippen LogP contribution in [0.4, 0.5) is 13.6 Å². The van der Waals surface area contributed by atoms with Gasteiger partial charge in [-0.2, -0.15) is 0 Å². The van der Waals surface area contributed by atoms with Gasteiger partial charge in [0.25, 0.3) is 5.91 Å².